The fraction of sp³-hybridized carbons (Fsp3) is 0.588. The van der Waals surface area contributed by atoms with Gasteiger partial charge in [0.05, 0.1) is 0 Å². The average molecular weight is 598 g/mol. The van der Waals surface area contributed by atoms with Gasteiger partial charge in [-0.25, -0.2) is 0 Å². The smallest absolute Gasteiger partial charge is 0.372 e. The summed E-state index contributed by atoms with van der Waals surface area (Å²) < 4.78 is 42.1. The Hall–Kier alpha value is -3.07. The van der Waals surface area contributed by atoms with Crippen LogP contribution in [0.1, 0.15) is 72.9 Å². The molecule has 232 valence electrons. The van der Waals surface area contributed by atoms with E-state index in [-0.39, 0.29) is 19.0 Å². The van der Waals surface area contributed by atoms with Crippen LogP contribution in [0.3, 0.4) is 0 Å². The highest BCUT2D eigenvalue weighted by atomic mass is 19.4. The first-order valence-electron chi connectivity index (χ1n) is 15.9. The summed E-state index contributed by atoms with van der Waals surface area (Å²) >= 11 is 0. The lowest BCUT2D eigenvalue weighted by molar-refractivity contribution is -0.262. The van der Waals surface area contributed by atoms with Crippen molar-refractivity contribution in [2.24, 2.45) is 17.8 Å². The average Bonchev–Trinajstić information content (AvgIpc) is 3.75. The van der Waals surface area contributed by atoms with Crippen molar-refractivity contribution in [3.8, 4) is 0 Å². The summed E-state index contributed by atoms with van der Waals surface area (Å²) in [6.07, 6.45) is 2.81. The van der Waals surface area contributed by atoms with Crippen molar-refractivity contribution >= 4 is 17.5 Å². The van der Waals surface area contributed by atoms with Crippen LogP contribution in [0.5, 0.6) is 0 Å². The van der Waals surface area contributed by atoms with Crippen LogP contribution in [0.15, 0.2) is 48.5 Å². The fourth-order valence-electron chi connectivity index (χ4n) is 7.77. The second kappa shape index (κ2) is 11.8. The van der Waals surface area contributed by atoms with Crippen LogP contribution in [0, 0.1) is 24.7 Å². The minimum absolute atomic E-state index is 0.166. The van der Waals surface area contributed by atoms with Crippen molar-refractivity contribution in [2.75, 3.05) is 37.6 Å². The number of aliphatic hydroxyl groups is 1. The molecular weight excluding hydrogens is 555 g/mol. The molecule has 3 aliphatic heterocycles. The summed E-state index contributed by atoms with van der Waals surface area (Å²) in [5, 5.41) is 10.7. The third kappa shape index (κ3) is 5.77. The Morgan fingerprint density at radius 2 is 1.42 bits per heavy atom. The molecule has 0 spiro atoms. The van der Waals surface area contributed by atoms with Gasteiger partial charge in [-0.05, 0) is 99.8 Å². The first kappa shape index (κ1) is 30.0. The Kier molecular flexibility index (Phi) is 8.22. The second-order valence-electron chi connectivity index (χ2n) is 13.1. The molecule has 4 fully saturated rings. The zero-order valence-electron chi connectivity index (χ0n) is 24.9. The SMILES string of the molecule is Cc1cc(N2CCC(C3CCN(C(=O)[C@](O)(c4ccccc4)C(F)(F)F)CC3)CC2)ccc1C(=O)N1CCCC1C1CC1. The molecule has 0 aromatic heterocycles. The molecular formula is C34H42F3N3O3. The van der Waals surface area contributed by atoms with Gasteiger partial charge < -0.3 is 19.8 Å². The molecule has 2 aromatic carbocycles. The third-order valence-electron chi connectivity index (χ3n) is 10.5. The zero-order valence-corrected chi connectivity index (χ0v) is 24.9. The minimum atomic E-state index is -5.12. The van der Waals surface area contributed by atoms with Crippen LogP contribution in [-0.2, 0) is 10.4 Å². The van der Waals surface area contributed by atoms with Crippen molar-refractivity contribution < 1.29 is 27.9 Å². The number of piperidine rings is 2. The lowest BCUT2D eigenvalue weighted by Crippen LogP contribution is -2.57. The molecule has 43 heavy (non-hydrogen) atoms. The summed E-state index contributed by atoms with van der Waals surface area (Å²) in [6.45, 7) is 5.07. The normalized spacial score (nSPS) is 23.8. The number of hydrogen-bond donors (Lipinski definition) is 1. The van der Waals surface area contributed by atoms with E-state index in [1.54, 1.807) is 6.07 Å². The number of carbonyl (C=O) groups is 2. The van der Waals surface area contributed by atoms with Crippen molar-refractivity contribution in [1.29, 1.82) is 0 Å². The van der Waals surface area contributed by atoms with E-state index < -0.39 is 23.2 Å². The van der Waals surface area contributed by atoms with E-state index in [1.165, 1.54) is 29.9 Å². The maximum atomic E-state index is 14.0. The van der Waals surface area contributed by atoms with E-state index in [9.17, 15) is 27.9 Å². The number of anilines is 1. The summed E-state index contributed by atoms with van der Waals surface area (Å²) in [5.41, 5.74) is -1.05. The number of aryl methyl sites for hydroxylation is 1. The Labute approximate surface area is 251 Å². The quantitative estimate of drug-likeness (QED) is 0.450. The van der Waals surface area contributed by atoms with Gasteiger partial charge in [0.15, 0.2) is 0 Å². The van der Waals surface area contributed by atoms with E-state index >= 15 is 0 Å². The third-order valence-corrected chi connectivity index (χ3v) is 10.5. The molecule has 0 bridgehead atoms. The van der Waals surface area contributed by atoms with Gasteiger partial charge in [-0.3, -0.25) is 9.59 Å². The van der Waals surface area contributed by atoms with Crippen molar-refractivity contribution in [2.45, 2.75) is 76.1 Å². The van der Waals surface area contributed by atoms with Crippen molar-refractivity contribution in [3.63, 3.8) is 0 Å². The summed E-state index contributed by atoms with van der Waals surface area (Å²) in [7, 11) is 0. The molecule has 6 rings (SSSR count). The molecule has 1 aliphatic carbocycles. The topological polar surface area (TPSA) is 64.1 Å². The number of halogens is 3. The van der Waals surface area contributed by atoms with Gasteiger partial charge in [-0.1, -0.05) is 30.3 Å². The van der Waals surface area contributed by atoms with Crippen molar-refractivity contribution in [1.82, 2.24) is 9.80 Å². The second-order valence-corrected chi connectivity index (χ2v) is 13.1. The number of alkyl halides is 3. The minimum Gasteiger partial charge on any atom is -0.372 e. The molecule has 1 unspecified atom stereocenters. The predicted molar refractivity (Wildman–Crippen MR) is 159 cm³/mol. The van der Waals surface area contributed by atoms with Gasteiger partial charge in [0, 0.05) is 55.6 Å². The van der Waals surface area contributed by atoms with Gasteiger partial charge in [-0.2, -0.15) is 13.2 Å². The first-order chi connectivity index (χ1) is 20.6. The van der Waals surface area contributed by atoms with Crippen LogP contribution >= 0.6 is 0 Å². The van der Waals surface area contributed by atoms with E-state index in [1.807, 2.05) is 13.0 Å². The number of rotatable bonds is 6. The molecule has 3 saturated heterocycles. The first-order valence-corrected chi connectivity index (χ1v) is 15.9. The number of amides is 2. The number of benzene rings is 2. The lowest BCUT2D eigenvalue weighted by Gasteiger charge is -2.42. The maximum Gasteiger partial charge on any atom is 0.430 e. The van der Waals surface area contributed by atoms with E-state index in [4.69, 9.17) is 0 Å². The van der Waals surface area contributed by atoms with Gasteiger partial charge >= 0.3 is 6.18 Å². The highest BCUT2D eigenvalue weighted by Gasteiger charge is 2.62. The summed E-state index contributed by atoms with van der Waals surface area (Å²) in [5.74, 6) is 0.352. The van der Waals surface area contributed by atoms with Crippen LogP contribution < -0.4 is 4.90 Å². The van der Waals surface area contributed by atoms with E-state index in [2.05, 4.69) is 21.9 Å². The highest BCUT2D eigenvalue weighted by Crippen LogP contribution is 2.43. The molecule has 4 aliphatic rings. The van der Waals surface area contributed by atoms with Crippen LogP contribution in [-0.4, -0.2) is 71.7 Å². The Morgan fingerprint density at radius 3 is 2.00 bits per heavy atom. The molecule has 2 aromatic rings. The van der Waals surface area contributed by atoms with Gasteiger partial charge in [-0.15, -0.1) is 0 Å². The number of nitrogens with zero attached hydrogens (tertiary/aromatic N) is 3. The molecule has 2 amide bonds. The predicted octanol–water partition coefficient (Wildman–Crippen LogP) is 5.91. The Bertz CT molecular complexity index is 1320. The van der Waals surface area contributed by atoms with Crippen LogP contribution in [0.2, 0.25) is 0 Å². The van der Waals surface area contributed by atoms with E-state index in [0.717, 1.165) is 74.3 Å². The molecule has 0 radical (unpaired) electrons. The van der Waals surface area contributed by atoms with Gasteiger partial charge in [0.2, 0.25) is 0 Å². The number of likely N-dealkylation sites (tertiary alicyclic amines) is 2. The zero-order chi connectivity index (χ0) is 30.4. The maximum absolute atomic E-state index is 14.0. The molecule has 2 atom stereocenters. The van der Waals surface area contributed by atoms with Gasteiger partial charge in [0.1, 0.15) is 0 Å². The Balaban J connectivity index is 1.03. The monoisotopic (exact) mass is 597 g/mol. The van der Waals surface area contributed by atoms with Crippen LogP contribution in [0.4, 0.5) is 18.9 Å². The van der Waals surface area contributed by atoms with Crippen LogP contribution in [0.25, 0.3) is 0 Å². The highest BCUT2D eigenvalue weighted by molar-refractivity contribution is 5.96. The van der Waals surface area contributed by atoms with E-state index in [0.29, 0.717) is 36.6 Å². The van der Waals surface area contributed by atoms with Gasteiger partial charge in [0.25, 0.3) is 17.4 Å². The lowest BCUT2D eigenvalue weighted by atomic mass is 9.78. The Morgan fingerprint density at radius 1 is 0.791 bits per heavy atom. The number of hydrogen-bond acceptors (Lipinski definition) is 4. The number of carbonyl (C=O) groups excluding carboxylic acids is 2. The summed E-state index contributed by atoms with van der Waals surface area (Å²) in [6, 6.07) is 13.3. The molecule has 1 N–H and O–H groups in total. The largest absolute Gasteiger partial charge is 0.430 e. The molecule has 6 nitrogen and oxygen atoms in total. The van der Waals surface area contributed by atoms with Crippen molar-refractivity contribution in [3.05, 3.63) is 65.2 Å². The summed E-state index contributed by atoms with van der Waals surface area (Å²) in [4.78, 5) is 32.1. The molecule has 9 heteroatoms. The molecule has 1 saturated carbocycles. The molecule has 3 heterocycles. The fourth-order valence-corrected chi connectivity index (χ4v) is 7.77. The standard InChI is InChI=1S/C34H42F3N3O3/c1-23-22-28(11-12-29(23)31(41)40-17-5-8-30(40)26-9-10-26)38-18-13-24(14-19-38)25-15-20-39(21-16-25)32(42)33(43,34(35,36)37)27-6-3-2-4-7-27/h2-4,6-7,11-12,22,24-26,30,43H,5,8-10,13-21H2,1H3/t30?,33-/m1/s1.